The van der Waals surface area contributed by atoms with Crippen LogP contribution in [0.4, 0.5) is 0 Å². The van der Waals surface area contributed by atoms with Crippen molar-refractivity contribution in [2.24, 2.45) is 0 Å². The van der Waals surface area contributed by atoms with Crippen LogP contribution < -0.4 is 5.56 Å². The van der Waals surface area contributed by atoms with E-state index >= 15 is 0 Å². The summed E-state index contributed by atoms with van der Waals surface area (Å²) >= 11 is 1.28. The van der Waals surface area contributed by atoms with E-state index in [9.17, 15) is 9.59 Å². The second-order valence-corrected chi connectivity index (χ2v) is 5.55. The molecule has 0 amide bonds. The molecule has 5 heteroatoms. The van der Waals surface area contributed by atoms with E-state index in [0.29, 0.717) is 15.1 Å². The fourth-order valence-electron chi connectivity index (χ4n) is 2.23. The molecule has 0 atom stereocenters. The van der Waals surface area contributed by atoms with Gasteiger partial charge in [-0.1, -0.05) is 18.2 Å². The molecular formula is C15H12N2O2S. The quantitative estimate of drug-likeness (QED) is 0.680. The molecule has 1 aromatic carbocycles. The lowest BCUT2D eigenvalue weighted by molar-refractivity contribution is 0.102. The van der Waals surface area contributed by atoms with Gasteiger partial charge < -0.3 is 0 Å². The summed E-state index contributed by atoms with van der Waals surface area (Å²) in [7, 11) is 0. The predicted octanol–water partition coefficient (Wildman–Crippen LogP) is 2.96. The molecule has 3 aromatic rings. The largest absolute Gasteiger partial charge is 0.294 e. The summed E-state index contributed by atoms with van der Waals surface area (Å²) in [6.07, 6.45) is 1.51. The molecule has 0 aliphatic heterocycles. The van der Waals surface area contributed by atoms with Gasteiger partial charge in [-0.05, 0) is 31.5 Å². The molecule has 0 fully saturated rings. The summed E-state index contributed by atoms with van der Waals surface area (Å²) < 4.78 is 1.51. The van der Waals surface area contributed by atoms with Crippen molar-refractivity contribution in [2.75, 3.05) is 0 Å². The third-order valence-electron chi connectivity index (χ3n) is 3.21. The SMILES string of the molecule is CC(=O)c1sc2ncn(-c3ccccc3)c(=O)c2c1C. The Morgan fingerprint density at radius 3 is 2.60 bits per heavy atom. The second-order valence-electron chi connectivity index (χ2n) is 4.55. The van der Waals surface area contributed by atoms with Crippen LogP contribution in [-0.4, -0.2) is 15.3 Å². The van der Waals surface area contributed by atoms with Gasteiger partial charge in [-0.2, -0.15) is 0 Å². The third-order valence-corrected chi connectivity index (χ3v) is 4.51. The molecule has 3 rings (SSSR count). The zero-order chi connectivity index (χ0) is 14.3. The van der Waals surface area contributed by atoms with Crippen molar-refractivity contribution in [2.45, 2.75) is 13.8 Å². The molecule has 0 aliphatic carbocycles. The molecule has 100 valence electrons. The Kier molecular flexibility index (Phi) is 2.99. The van der Waals surface area contributed by atoms with Crippen molar-refractivity contribution in [1.82, 2.24) is 9.55 Å². The highest BCUT2D eigenvalue weighted by Crippen LogP contribution is 2.27. The normalized spacial score (nSPS) is 10.9. The zero-order valence-corrected chi connectivity index (χ0v) is 11.9. The first kappa shape index (κ1) is 12.7. The van der Waals surface area contributed by atoms with Crippen LogP contribution in [0.3, 0.4) is 0 Å². The van der Waals surface area contributed by atoms with E-state index in [-0.39, 0.29) is 11.3 Å². The van der Waals surface area contributed by atoms with Gasteiger partial charge in [0.1, 0.15) is 11.2 Å². The number of nitrogens with zero attached hydrogens (tertiary/aromatic N) is 2. The molecule has 20 heavy (non-hydrogen) atoms. The number of Topliss-reactive ketones (excluding diaryl/α,β-unsaturated/α-hetero) is 1. The van der Waals surface area contributed by atoms with E-state index in [4.69, 9.17) is 0 Å². The van der Waals surface area contributed by atoms with Crippen LogP contribution in [0.5, 0.6) is 0 Å². The minimum atomic E-state index is -0.137. The Hall–Kier alpha value is -2.27. The first-order valence-corrected chi connectivity index (χ1v) is 6.98. The number of rotatable bonds is 2. The number of carbonyl (C=O) groups excluding carboxylic acids is 1. The molecule has 0 bridgehead atoms. The summed E-state index contributed by atoms with van der Waals surface area (Å²) in [6.45, 7) is 3.31. The molecule has 2 heterocycles. The Morgan fingerprint density at radius 2 is 1.95 bits per heavy atom. The van der Waals surface area contributed by atoms with Crippen molar-refractivity contribution in [3.63, 3.8) is 0 Å². The summed E-state index contributed by atoms with van der Waals surface area (Å²) in [5.74, 6) is -0.0313. The highest BCUT2D eigenvalue weighted by atomic mass is 32.1. The molecular weight excluding hydrogens is 272 g/mol. The third kappa shape index (κ3) is 1.87. The maximum absolute atomic E-state index is 12.6. The Bertz CT molecular complexity index is 863. The lowest BCUT2D eigenvalue weighted by Crippen LogP contribution is -2.18. The summed E-state index contributed by atoms with van der Waals surface area (Å²) in [4.78, 5) is 29.7. The average molecular weight is 284 g/mol. The lowest BCUT2D eigenvalue weighted by Gasteiger charge is -2.04. The van der Waals surface area contributed by atoms with Crippen LogP contribution in [0.2, 0.25) is 0 Å². The van der Waals surface area contributed by atoms with E-state index in [1.807, 2.05) is 30.3 Å². The van der Waals surface area contributed by atoms with Gasteiger partial charge in [-0.3, -0.25) is 14.2 Å². The van der Waals surface area contributed by atoms with Crippen molar-refractivity contribution < 1.29 is 4.79 Å². The van der Waals surface area contributed by atoms with Gasteiger partial charge in [0, 0.05) is 0 Å². The number of aromatic nitrogens is 2. The molecule has 0 saturated carbocycles. The molecule has 0 aliphatic rings. The molecule has 4 nitrogen and oxygen atoms in total. The van der Waals surface area contributed by atoms with Crippen LogP contribution in [0.1, 0.15) is 22.2 Å². The molecule has 0 unspecified atom stereocenters. The number of hydrogen-bond donors (Lipinski definition) is 0. The van der Waals surface area contributed by atoms with Crippen molar-refractivity contribution in [3.05, 3.63) is 57.5 Å². The molecule has 0 N–H and O–H groups in total. The van der Waals surface area contributed by atoms with Crippen LogP contribution in [0, 0.1) is 6.92 Å². The lowest BCUT2D eigenvalue weighted by atomic mass is 10.2. The van der Waals surface area contributed by atoms with Gasteiger partial charge in [0.05, 0.1) is 16.0 Å². The van der Waals surface area contributed by atoms with Crippen molar-refractivity contribution in [3.8, 4) is 5.69 Å². The molecule has 0 saturated heterocycles. The van der Waals surface area contributed by atoms with E-state index in [2.05, 4.69) is 4.98 Å². The van der Waals surface area contributed by atoms with E-state index < -0.39 is 0 Å². The van der Waals surface area contributed by atoms with E-state index in [1.165, 1.54) is 29.2 Å². The highest BCUT2D eigenvalue weighted by Gasteiger charge is 2.17. The van der Waals surface area contributed by atoms with Gasteiger partial charge in [0.15, 0.2) is 5.78 Å². The Labute approximate surface area is 119 Å². The summed E-state index contributed by atoms with van der Waals surface area (Å²) in [5, 5.41) is 0.534. The number of ketones is 1. The number of aryl methyl sites for hydroxylation is 1. The Balaban J connectivity index is 2.34. The predicted molar refractivity (Wildman–Crippen MR) is 80.0 cm³/mol. The van der Waals surface area contributed by atoms with Gasteiger partial charge >= 0.3 is 0 Å². The number of carbonyl (C=O) groups is 1. The number of thiophene rings is 1. The van der Waals surface area contributed by atoms with Gasteiger partial charge in [-0.15, -0.1) is 11.3 Å². The zero-order valence-electron chi connectivity index (χ0n) is 11.1. The van der Waals surface area contributed by atoms with Crippen molar-refractivity contribution >= 4 is 27.3 Å². The maximum atomic E-state index is 12.6. The van der Waals surface area contributed by atoms with Crippen LogP contribution in [-0.2, 0) is 0 Å². The van der Waals surface area contributed by atoms with E-state index in [0.717, 1.165) is 11.3 Å². The monoisotopic (exact) mass is 284 g/mol. The number of fused-ring (bicyclic) bond motifs is 1. The van der Waals surface area contributed by atoms with Crippen LogP contribution >= 0.6 is 11.3 Å². The maximum Gasteiger partial charge on any atom is 0.266 e. The summed E-state index contributed by atoms with van der Waals surface area (Å²) in [5.41, 5.74) is 1.35. The topological polar surface area (TPSA) is 52.0 Å². The number of benzene rings is 1. The Morgan fingerprint density at radius 1 is 1.25 bits per heavy atom. The van der Waals surface area contributed by atoms with Crippen LogP contribution in [0.15, 0.2) is 41.5 Å². The van der Waals surface area contributed by atoms with Crippen molar-refractivity contribution in [1.29, 1.82) is 0 Å². The first-order valence-electron chi connectivity index (χ1n) is 6.16. The van der Waals surface area contributed by atoms with Gasteiger partial charge in [0.25, 0.3) is 5.56 Å². The fourth-order valence-corrected chi connectivity index (χ4v) is 3.27. The van der Waals surface area contributed by atoms with Crippen LogP contribution in [0.25, 0.3) is 15.9 Å². The van der Waals surface area contributed by atoms with Gasteiger partial charge in [0.2, 0.25) is 0 Å². The fraction of sp³-hybridized carbons (Fsp3) is 0.133. The summed E-state index contributed by atoms with van der Waals surface area (Å²) in [6, 6.07) is 9.33. The van der Waals surface area contributed by atoms with Gasteiger partial charge in [-0.25, -0.2) is 4.98 Å². The molecule has 0 radical (unpaired) electrons. The highest BCUT2D eigenvalue weighted by molar-refractivity contribution is 7.20. The smallest absolute Gasteiger partial charge is 0.266 e. The molecule has 0 spiro atoms. The van der Waals surface area contributed by atoms with E-state index in [1.54, 1.807) is 6.92 Å². The minimum absolute atomic E-state index is 0.0313. The second kappa shape index (κ2) is 4.68. The average Bonchev–Trinajstić information content (AvgIpc) is 2.78. The minimum Gasteiger partial charge on any atom is -0.294 e. The standard InChI is InChI=1S/C15H12N2O2S/c1-9-12-14(20-13(9)10(2)18)16-8-17(15(12)19)11-6-4-3-5-7-11/h3-8H,1-2H3. The first-order chi connectivity index (χ1) is 9.59. The number of para-hydroxylation sites is 1. The number of hydrogen-bond acceptors (Lipinski definition) is 4. The molecule has 2 aromatic heterocycles.